The Morgan fingerprint density at radius 1 is 1.19 bits per heavy atom. The number of amides is 1. The van der Waals surface area contributed by atoms with Gasteiger partial charge < -0.3 is 19.9 Å². The third kappa shape index (κ3) is 5.20. The zero-order valence-electron chi connectivity index (χ0n) is 14.8. The van der Waals surface area contributed by atoms with E-state index in [-0.39, 0.29) is 23.7 Å². The molecule has 138 valence electrons. The van der Waals surface area contributed by atoms with E-state index in [1.165, 1.54) is 18.3 Å². The van der Waals surface area contributed by atoms with Gasteiger partial charge in [-0.15, -0.1) is 0 Å². The number of benzene rings is 1. The predicted molar refractivity (Wildman–Crippen MR) is 95.8 cm³/mol. The van der Waals surface area contributed by atoms with Crippen LogP contribution < -0.4 is 14.8 Å². The number of aromatic nitrogens is 1. The summed E-state index contributed by atoms with van der Waals surface area (Å²) in [5.41, 5.74) is 0.905. The van der Waals surface area contributed by atoms with Gasteiger partial charge in [-0.3, -0.25) is 4.79 Å². The van der Waals surface area contributed by atoms with Gasteiger partial charge in [-0.05, 0) is 36.2 Å². The van der Waals surface area contributed by atoms with Gasteiger partial charge in [0.05, 0.1) is 13.7 Å². The third-order valence-electron chi connectivity index (χ3n) is 3.68. The number of rotatable bonds is 9. The maximum absolute atomic E-state index is 12.2. The molecule has 0 atom stereocenters. The maximum atomic E-state index is 12.2. The van der Waals surface area contributed by atoms with Crippen molar-refractivity contribution in [3.05, 3.63) is 53.3 Å². The highest BCUT2D eigenvalue weighted by atomic mass is 16.5. The van der Waals surface area contributed by atoms with Crippen LogP contribution in [-0.4, -0.2) is 35.7 Å². The number of ether oxygens (including phenoxy) is 2. The molecule has 1 amide bonds. The molecule has 0 saturated carbocycles. The van der Waals surface area contributed by atoms with Crippen molar-refractivity contribution in [2.45, 2.75) is 26.3 Å². The van der Waals surface area contributed by atoms with Crippen molar-refractivity contribution in [1.82, 2.24) is 10.3 Å². The number of carbonyl (C=O) groups excluding carboxylic acids is 1. The Morgan fingerprint density at radius 3 is 2.69 bits per heavy atom. The molecule has 1 aromatic carbocycles. The van der Waals surface area contributed by atoms with Crippen LogP contribution in [-0.2, 0) is 6.54 Å². The maximum Gasteiger partial charge on any atom is 0.354 e. The van der Waals surface area contributed by atoms with Gasteiger partial charge in [0.1, 0.15) is 5.69 Å². The standard InChI is InChI=1S/C19H22N2O5/c1-3-4-9-26-16-6-5-13(10-17(16)25-2)12-21-18(22)14-7-8-20-15(11-14)19(23)24/h5-8,10-11H,3-4,9,12H2,1-2H3,(H,21,22)(H,23,24). The lowest BCUT2D eigenvalue weighted by Gasteiger charge is -2.12. The molecule has 7 nitrogen and oxygen atoms in total. The van der Waals surface area contributed by atoms with Crippen molar-refractivity contribution in [2.75, 3.05) is 13.7 Å². The Labute approximate surface area is 152 Å². The van der Waals surface area contributed by atoms with Crippen molar-refractivity contribution >= 4 is 11.9 Å². The summed E-state index contributed by atoms with van der Waals surface area (Å²) >= 11 is 0. The van der Waals surface area contributed by atoms with E-state index in [1.54, 1.807) is 13.2 Å². The van der Waals surface area contributed by atoms with Crippen molar-refractivity contribution in [3.63, 3.8) is 0 Å². The summed E-state index contributed by atoms with van der Waals surface area (Å²) in [5.74, 6) is -0.290. The molecule has 7 heteroatoms. The van der Waals surface area contributed by atoms with Crippen LogP contribution in [0.2, 0.25) is 0 Å². The Balaban J connectivity index is 2.01. The van der Waals surface area contributed by atoms with E-state index in [1.807, 2.05) is 12.1 Å². The highest BCUT2D eigenvalue weighted by molar-refractivity contribution is 5.96. The molecule has 2 rings (SSSR count). The van der Waals surface area contributed by atoms with Crippen molar-refractivity contribution in [2.24, 2.45) is 0 Å². The van der Waals surface area contributed by atoms with Gasteiger partial charge >= 0.3 is 5.97 Å². The first kappa shape index (κ1) is 19.2. The fourth-order valence-electron chi connectivity index (χ4n) is 2.24. The molecule has 2 aromatic rings. The molecule has 0 saturated heterocycles. The Bertz CT molecular complexity index is 776. The summed E-state index contributed by atoms with van der Waals surface area (Å²) in [6.45, 7) is 2.99. The van der Waals surface area contributed by atoms with E-state index in [2.05, 4.69) is 17.2 Å². The van der Waals surface area contributed by atoms with E-state index in [9.17, 15) is 9.59 Å². The number of carbonyl (C=O) groups is 2. The second-order valence-electron chi connectivity index (χ2n) is 5.60. The number of carboxylic acid groups (broad SMARTS) is 1. The average molecular weight is 358 g/mol. The average Bonchev–Trinajstić information content (AvgIpc) is 2.66. The number of pyridine rings is 1. The van der Waals surface area contributed by atoms with Crippen LogP contribution >= 0.6 is 0 Å². The molecule has 0 aliphatic rings. The summed E-state index contributed by atoms with van der Waals surface area (Å²) in [4.78, 5) is 26.8. The molecular weight excluding hydrogens is 336 g/mol. The molecule has 1 aromatic heterocycles. The first-order chi connectivity index (χ1) is 12.5. The number of methoxy groups -OCH3 is 1. The fourth-order valence-corrected chi connectivity index (χ4v) is 2.24. The molecule has 0 radical (unpaired) electrons. The Hall–Kier alpha value is -3.09. The van der Waals surface area contributed by atoms with Crippen LogP contribution in [0.5, 0.6) is 11.5 Å². The van der Waals surface area contributed by atoms with E-state index in [0.717, 1.165) is 18.4 Å². The van der Waals surface area contributed by atoms with Crippen LogP contribution in [0.4, 0.5) is 0 Å². The smallest absolute Gasteiger partial charge is 0.354 e. The second-order valence-corrected chi connectivity index (χ2v) is 5.60. The van der Waals surface area contributed by atoms with E-state index in [4.69, 9.17) is 14.6 Å². The Kier molecular flexibility index (Phi) is 6.96. The number of nitrogens with one attached hydrogen (secondary N) is 1. The van der Waals surface area contributed by atoms with Crippen LogP contribution in [0.25, 0.3) is 0 Å². The van der Waals surface area contributed by atoms with Gasteiger partial charge in [-0.2, -0.15) is 0 Å². The van der Waals surface area contributed by atoms with E-state index >= 15 is 0 Å². The molecular formula is C19H22N2O5. The SMILES string of the molecule is CCCCOc1ccc(CNC(=O)c2ccnc(C(=O)O)c2)cc1OC. The van der Waals surface area contributed by atoms with Gasteiger partial charge in [0.15, 0.2) is 11.5 Å². The van der Waals surface area contributed by atoms with Crippen molar-refractivity contribution < 1.29 is 24.2 Å². The monoisotopic (exact) mass is 358 g/mol. The normalized spacial score (nSPS) is 10.2. The van der Waals surface area contributed by atoms with Crippen LogP contribution in [0.1, 0.15) is 46.2 Å². The first-order valence-electron chi connectivity index (χ1n) is 8.32. The minimum Gasteiger partial charge on any atom is -0.493 e. The lowest BCUT2D eigenvalue weighted by molar-refractivity contribution is 0.0690. The second kappa shape index (κ2) is 9.41. The quantitative estimate of drug-likeness (QED) is 0.669. The molecule has 2 N–H and O–H groups in total. The van der Waals surface area contributed by atoms with Gasteiger partial charge in [-0.25, -0.2) is 9.78 Å². The number of hydrogen-bond donors (Lipinski definition) is 2. The topological polar surface area (TPSA) is 97.8 Å². The van der Waals surface area contributed by atoms with Gasteiger partial charge in [0, 0.05) is 18.3 Å². The zero-order valence-corrected chi connectivity index (χ0v) is 14.8. The Morgan fingerprint density at radius 2 is 2.00 bits per heavy atom. The molecule has 26 heavy (non-hydrogen) atoms. The van der Waals surface area contributed by atoms with Crippen molar-refractivity contribution in [1.29, 1.82) is 0 Å². The van der Waals surface area contributed by atoms with Crippen LogP contribution in [0, 0.1) is 0 Å². The number of aromatic carboxylic acids is 1. The fraction of sp³-hybridized carbons (Fsp3) is 0.316. The number of unbranched alkanes of at least 4 members (excludes halogenated alkanes) is 1. The molecule has 0 unspecified atom stereocenters. The predicted octanol–water partition coefficient (Wildman–Crippen LogP) is 2.90. The van der Waals surface area contributed by atoms with E-state index < -0.39 is 5.97 Å². The first-order valence-corrected chi connectivity index (χ1v) is 8.32. The zero-order chi connectivity index (χ0) is 18.9. The summed E-state index contributed by atoms with van der Waals surface area (Å²) < 4.78 is 11.0. The van der Waals surface area contributed by atoms with Crippen LogP contribution in [0.15, 0.2) is 36.5 Å². The molecule has 0 aliphatic carbocycles. The highest BCUT2D eigenvalue weighted by Crippen LogP contribution is 2.28. The summed E-state index contributed by atoms with van der Waals surface area (Å²) in [6, 6.07) is 8.16. The van der Waals surface area contributed by atoms with Gasteiger partial charge in [0.2, 0.25) is 0 Å². The number of hydrogen-bond acceptors (Lipinski definition) is 5. The molecule has 0 fully saturated rings. The lowest BCUT2D eigenvalue weighted by Crippen LogP contribution is -2.23. The van der Waals surface area contributed by atoms with Gasteiger partial charge in [-0.1, -0.05) is 19.4 Å². The molecule has 0 aliphatic heterocycles. The minimum absolute atomic E-state index is 0.173. The summed E-state index contributed by atoms with van der Waals surface area (Å²) in [5, 5.41) is 11.7. The number of nitrogens with zero attached hydrogens (tertiary/aromatic N) is 1. The minimum atomic E-state index is -1.18. The van der Waals surface area contributed by atoms with Gasteiger partial charge in [0.25, 0.3) is 5.91 Å². The van der Waals surface area contributed by atoms with Crippen molar-refractivity contribution in [3.8, 4) is 11.5 Å². The third-order valence-corrected chi connectivity index (χ3v) is 3.68. The molecule has 0 spiro atoms. The highest BCUT2D eigenvalue weighted by Gasteiger charge is 2.11. The van der Waals surface area contributed by atoms with Crippen LogP contribution in [0.3, 0.4) is 0 Å². The summed E-state index contributed by atoms with van der Waals surface area (Å²) in [7, 11) is 1.56. The van der Waals surface area contributed by atoms with E-state index in [0.29, 0.717) is 18.1 Å². The number of carboxylic acids is 1. The molecule has 1 heterocycles. The lowest BCUT2D eigenvalue weighted by atomic mass is 10.1. The largest absolute Gasteiger partial charge is 0.493 e. The molecule has 0 bridgehead atoms. The summed E-state index contributed by atoms with van der Waals surface area (Å²) in [6.07, 6.45) is 3.31.